The second kappa shape index (κ2) is 16.6. The van der Waals surface area contributed by atoms with Crippen LogP contribution in [0.2, 0.25) is 0 Å². The fraction of sp³-hybridized carbons (Fsp3) is 0.512. The van der Waals surface area contributed by atoms with Crippen molar-refractivity contribution in [2.75, 3.05) is 6.61 Å². The number of amides is 1. The molecule has 1 radical (unpaired) electrons. The average molecular weight is 878 g/mol. The number of esters is 4. The van der Waals surface area contributed by atoms with Crippen molar-refractivity contribution in [3.05, 3.63) is 88.9 Å². The number of ketones is 1. The molecular formula is C43H50NO13Y-. The van der Waals surface area contributed by atoms with Gasteiger partial charge in [-0.05, 0) is 49.3 Å². The molecule has 0 unspecified atom stereocenters. The zero-order chi connectivity index (χ0) is 41.8. The van der Waals surface area contributed by atoms with Gasteiger partial charge in [-0.15, -0.1) is 0 Å². The van der Waals surface area contributed by atoms with Crippen LogP contribution in [0.3, 0.4) is 0 Å². The molecule has 309 valence electrons. The van der Waals surface area contributed by atoms with E-state index in [0.29, 0.717) is 5.56 Å². The Morgan fingerprint density at radius 1 is 0.914 bits per heavy atom. The average Bonchev–Trinajstić information content (AvgIpc) is 3.15. The van der Waals surface area contributed by atoms with E-state index >= 15 is 4.79 Å². The Hall–Kier alpha value is -3.95. The van der Waals surface area contributed by atoms with Crippen molar-refractivity contribution in [2.24, 2.45) is 16.7 Å². The molecule has 1 aliphatic heterocycles. The van der Waals surface area contributed by atoms with Crippen LogP contribution in [-0.2, 0) is 75.6 Å². The molecule has 58 heavy (non-hydrogen) atoms. The summed E-state index contributed by atoms with van der Waals surface area (Å²) >= 11 is 0. The second-order valence-corrected chi connectivity index (χ2v) is 16.4. The molecule has 4 aliphatic rings. The third kappa shape index (κ3) is 7.44. The molecule has 1 heterocycles. The minimum Gasteiger partial charge on any atom is -0.480 e. The van der Waals surface area contributed by atoms with Crippen LogP contribution in [0.25, 0.3) is 0 Å². The summed E-state index contributed by atoms with van der Waals surface area (Å²) in [5, 5.41) is 28.3. The van der Waals surface area contributed by atoms with Crippen molar-refractivity contribution in [3.63, 3.8) is 0 Å². The van der Waals surface area contributed by atoms with Gasteiger partial charge in [0.25, 0.3) is 0 Å². The first-order valence-corrected chi connectivity index (χ1v) is 19.0. The first-order chi connectivity index (χ1) is 26.7. The number of benzene rings is 2. The normalized spacial score (nSPS) is 32.5. The van der Waals surface area contributed by atoms with E-state index in [9.17, 15) is 34.2 Å². The van der Waals surface area contributed by atoms with Gasteiger partial charge >= 0.3 is 17.9 Å². The van der Waals surface area contributed by atoms with E-state index in [-0.39, 0.29) is 68.4 Å². The molecule has 2 saturated carbocycles. The number of carbonyl (C=O) groups is 6. The largest absolute Gasteiger partial charge is 0.480 e. The topological polar surface area (TPSA) is 201 Å². The van der Waals surface area contributed by atoms with Gasteiger partial charge in [0.2, 0.25) is 5.91 Å². The summed E-state index contributed by atoms with van der Waals surface area (Å²) in [7, 11) is 0. The molecule has 3 fully saturated rings. The monoisotopic (exact) mass is 877 g/mol. The molecule has 1 saturated heterocycles. The molecule has 6 rings (SSSR count). The van der Waals surface area contributed by atoms with E-state index < -0.39 is 107 Å². The predicted octanol–water partition coefficient (Wildman–Crippen LogP) is 3.61. The molecule has 15 heteroatoms. The molecule has 2 aromatic carbocycles. The van der Waals surface area contributed by atoms with E-state index in [0.717, 1.165) is 6.92 Å². The van der Waals surface area contributed by atoms with Crippen LogP contribution in [0.4, 0.5) is 0 Å². The maximum atomic E-state index is 15.4. The Morgan fingerprint density at radius 3 is 2.03 bits per heavy atom. The van der Waals surface area contributed by atoms with E-state index in [1.807, 2.05) is 0 Å². The second-order valence-electron chi connectivity index (χ2n) is 16.4. The Labute approximate surface area is 362 Å². The van der Waals surface area contributed by atoms with Gasteiger partial charge in [-0.1, -0.05) is 63.2 Å². The number of carbonyl (C=O) groups excluding carboxylic acids is 6. The number of fused-ring (bicyclic) bond motifs is 5. The maximum Gasteiger partial charge on any atom is 0.338 e. The van der Waals surface area contributed by atoms with Gasteiger partial charge in [0.05, 0.1) is 29.6 Å². The zero-order valence-electron chi connectivity index (χ0n) is 33.9. The number of Topliss-reactive ketones (excluding diaryl/α,β-unsaturated/α-hetero) is 1. The van der Waals surface area contributed by atoms with Crippen molar-refractivity contribution in [1.29, 1.82) is 0 Å². The molecule has 10 atom stereocenters. The van der Waals surface area contributed by atoms with E-state index in [2.05, 4.69) is 5.32 Å². The van der Waals surface area contributed by atoms with Gasteiger partial charge in [0.15, 0.2) is 23.5 Å². The van der Waals surface area contributed by atoms with E-state index in [1.165, 1.54) is 32.9 Å². The molecule has 3 N–H and O–H groups in total. The number of hydrogen-bond acceptors (Lipinski definition) is 13. The quantitative estimate of drug-likeness (QED) is 0.143. The summed E-state index contributed by atoms with van der Waals surface area (Å²) in [5.41, 5.74) is -6.72. The van der Waals surface area contributed by atoms with Gasteiger partial charge in [-0.3, -0.25) is 29.9 Å². The van der Waals surface area contributed by atoms with Crippen LogP contribution in [0.15, 0.2) is 71.8 Å². The maximum absolute atomic E-state index is 15.4. The molecule has 2 aromatic rings. The van der Waals surface area contributed by atoms with Crippen molar-refractivity contribution in [1.82, 2.24) is 5.32 Å². The number of rotatable bonds is 9. The standard InChI is InChI=1S/C43H50NO13.Y/c1-22(24(3)44-37(49)27-15-11-9-12-16-27)38(50)55-29-20-43(52)36(56-39(51)28-17-13-10-14-18-28)34-41(8,30(47)19-31-42(34,21-53-31)57-26(5)46)35(48)33(54-25(4)45)32(23(29)2)40(43,6)7;/h9-18,24,29-31,33-34,36,47,52H,19-21H2,1-8H3,(H,44,49);/q-1;/t24-,29-,30-,31+,33+,34-,36-,41+,42-,43+;/m0./s1. The molecule has 0 aromatic heterocycles. The summed E-state index contributed by atoms with van der Waals surface area (Å²) in [5.74, 6) is -5.93. The smallest absolute Gasteiger partial charge is 0.338 e. The molecule has 1 amide bonds. The first-order valence-electron chi connectivity index (χ1n) is 19.0. The summed E-state index contributed by atoms with van der Waals surface area (Å²) in [4.78, 5) is 82.2. The number of nitrogens with one attached hydrogen (secondary N) is 1. The predicted molar refractivity (Wildman–Crippen MR) is 201 cm³/mol. The minimum absolute atomic E-state index is 0. The molecule has 2 bridgehead atoms. The van der Waals surface area contributed by atoms with E-state index in [1.54, 1.807) is 76.2 Å². The molecule has 14 nitrogen and oxygen atoms in total. The van der Waals surface area contributed by atoms with Crippen LogP contribution in [0.1, 0.15) is 88.9 Å². The van der Waals surface area contributed by atoms with Crippen molar-refractivity contribution < 1.29 is 95.4 Å². The number of aliphatic hydroxyl groups is 2. The third-order valence-corrected chi connectivity index (χ3v) is 12.8. The van der Waals surface area contributed by atoms with Crippen LogP contribution in [0.5, 0.6) is 0 Å². The minimum atomic E-state index is -2.28. The van der Waals surface area contributed by atoms with Crippen LogP contribution in [-0.4, -0.2) is 100 Å². The zero-order valence-corrected chi connectivity index (χ0v) is 36.7. The Kier molecular flexibility index (Phi) is 12.9. The first kappa shape index (κ1) is 45.1. The Balaban J connectivity index is 0.00000641. The fourth-order valence-electron chi connectivity index (χ4n) is 9.39. The van der Waals surface area contributed by atoms with E-state index in [4.69, 9.17) is 23.7 Å². The third-order valence-electron chi connectivity index (χ3n) is 12.8. The molecule has 0 spiro atoms. The van der Waals surface area contributed by atoms with Gasteiger partial charge in [0.1, 0.15) is 23.9 Å². The Bertz CT molecular complexity index is 1990. The van der Waals surface area contributed by atoms with Gasteiger partial charge in [-0.25, -0.2) is 4.79 Å². The summed E-state index contributed by atoms with van der Waals surface area (Å²) < 4.78 is 30.3. The number of ether oxygens (including phenoxy) is 5. The number of hydrogen-bond donors (Lipinski definition) is 3. The van der Waals surface area contributed by atoms with Gasteiger partial charge in [-0.2, -0.15) is 6.92 Å². The van der Waals surface area contributed by atoms with Crippen molar-refractivity contribution >= 4 is 35.6 Å². The van der Waals surface area contributed by atoms with Crippen LogP contribution in [0, 0.1) is 22.7 Å². The van der Waals surface area contributed by atoms with Crippen LogP contribution < -0.4 is 5.32 Å². The van der Waals surface area contributed by atoms with Gasteiger partial charge < -0.3 is 39.2 Å². The van der Waals surface area contributed by atoms with Crippen molar-refractivity contribution in [2.45, 2.75) is 116 Å². The summed E-state index contributed by atoms with van der Waals surface area (Å²) in [6.07, 6.45) is -7.88. The molecular weight excluding hydrogens is 827 g/mol. The number of aliphatic hydroxyl groups excluding tert-OH is 1. The van der Waals surface area contributed by atoms with Crippen LogP contribution >= 0.6 is 0 Å². The fourth-order valence-corrected chi connectivity index (χ4v) is 9.39. The van der Waals surface area contributed by atoms with Gasteiger partial charge in [0, 0.05) is 70.4 Å². The summed E-state index contributed by atoms with van der Waals surface area (Å²) in [6, 6.07) is 15.6. The Morgan fingerprint density at radius 2 is 1.50 bits per heavy atom. The molecule has 3 aliphatic carbocycles. The summed E-state index contributed by atoms with van der Waals surface area (Å²) in [6.45, 7) is 11.3. The van der Waals surface area contributed by atoms with Crippen molar-refractivity contribution in [3.8, 4) is 0 Å². The SMILES string of the molecule is CC(=O)O[C@H]1C(=O)[C@@]2(C)[C@H]([C@H](OC(=O)c3ccccc3)[C@]3(O)C[C@H](OC(=O)[C-](C)[C@H](C)NC(=O)c4ccccc4)C(C)=C1C3(C)C)[C@]1(OC(C)=O)CO[C@@H]1C[C@@H]2O.[Y].